The van der Waals surface area contributed by atoms with Crippen LogP contribution in [0.3, 0.4) is 0 Å². The van der Waals surface area contributed by atoms with E-state index in [2.05, 4.69) is 38.2 Å². The van der Waals surface area contributed by atoms with E-state index in [0.29, 0.717) is 29.2 Å². The third-order valence-corrected chi connectivity index (χ3v) is 7.57. The molecule has 1 aromatic carbocycles. The highest BCUT2D eigenvalue weighted by Crippen LogP contribution is 2.43. The lowest BCUT2D eigenvalue weighted by atomic mass is 9.63. The van der Waals surface area contributed by atoms with E-state index in [1.807, 2.05) is 5.38 Å². The van der Waals surface area contributed by atoms with Gasteiger partial charge in [0.2, 0.25) is 0 Å². The number of halogens is 1. The Morgan fingerprint density at radius 1 is 1.25 bits per heavy atom. The molecule has 1 aliphatic rings. The highest BCUT2D eigenvalue weighted by molar-refractivity contribution is 7.17. The minimum absolute atomic E-state index is 0.0626. The van der Waals surface area contributed by atoms with Crippen LogP contribution < -0.4 is 5.32 Å². The standard InChI is InChI=1S/C26H34FNO3S/c1-26(2,3)21-10-8-11-22(18(21)9-6-4-5-7-12-24(29)30)28-25(31)20-16-32-23-14-13-17(27)15-19(20)23/h4,6,13-16,18,21-22H,5,7-12H2,1-3H3,(H,28,31)(H,29,30)/t18-,21+,22?/m0/s1. The van der Waals surface area contributed by atoms with Crippen LogP contribution in [0.15, 0.2) is 35.7 Å². The summed E-state index contributed by atoms with van der Waals surface area (Å²) in [6, 6.07) is 4.65. The van der Waals surface area contributed by atoms with Crippen molar-refractivity contribution in [2.75, 3.05) is 0 Å². The summed E-state index contributed by atoms with van der Waals surface area (Å²) >= 11 is 1.46. The number of unbranched alkanes of at least 4 members (excludes halogenated alkanes) is 1. The van der Waals surface area contributed by atoms with Gasteiger partial charge in [-0.15, -0.1) is 11.3 Å². The normalized spacial score (nSPS) is 21.8. The number of carboxylic acid groups (broad SMARTS) is 1. The monoisotopic (exact) mass is 459 g/mol. The van der Waals surface area contributed by atoms with E-state index in [9.17, 15) is 14.0 Å². The molecular weight excluding hydrogens is 425 g/mol. The van der Waals surface area contributed by atoms with Crippen molar-refractivity contribution in [1.82, 2.24) is 5.32 Å². The van der Waals surface area contributed by atoms with Gasteiger partial charge >= 0.3 is 5.97 Å². The van der Waals surface area contributed by atoms with Gasteiger partial charge in [-0.25, -0.2) is 4.39 Å². The van der Waals surface area contributed by atoms with E-state index in [1.54, 1.807) is 6.07 Å². The van der Waals surface area contributed by atoms with Gasteiger partial charge in [-0.3, -0.25) is 9.59 Å². The fourth-order valence-corrected chi connectivity index (χ4v) is 5.94. The summed E-state index contributed by atoms with van der Waals surface area (Å²) in [6.07, 6.45) is 9.82. The van der Waals surface area contributed by atoms with Gasteiger partial charge in [0.05, 0.1) is 5.56 Å². The smallest absolute Gasteiger partial charge is 0.303 e. The molecule has 174 valence electrons. The maximum atomic E-state index is 13.8. The molecule has 1 amide bonds. The summed E-state index contributed by atoms with van der Waals surface area (Å²) in [6.45, 7) is 6.79. The maximum Gasteiger partial charge on any atom is 0.303 e. The predicted molar refractivity (Wildman–Crippen MR) is 129 cm³/mol. The van der Waals surface area contributed by atoms with Crippen molar-refractivity contribution in [2.24, 2.45) is 17.3 Å². The quantitative estimate of drug-likeness (QED) is 0.337. The third kappa shape index (κ3) is 6.18. The number of thiophene rings is 1. The molecule has 0 radical (unpaired) electrons. The number of allylic oxidation sites excluding steroid dienone is 2. The second kappa shape index (κ2) is 10.6. The molecule has 0 spiro atoms. The molecule has 4 nitrogen and oxygen atoms in total. The topological polar surface area (TPSA) is 66.4 Å². The Hall–Kier alpha value is -2.21. The Morgan fingerprint density at radius 3 is 2.75 bits per heavy atom. The summed E-state index contributed by atoms with van der Waals surface area (Å²) in [5.41, 5.74) is 0.675. The summed E-state index contributed by atoms with van der Waals surface area (Å²) < 4.78 is 14.7. The molecule has 2 aromatic rings. The zero-order valence-electron chi connectivity index (χ0n) is 19.2. The van der Waals surface area contributed by atoms with E-state index in [0.717, 1.165) is 36.8 Å². The fourth-order valence-electron chi connectivity index (χ4n) is 5.01. The number of hydrogen-bond acceptors (Lipinski definition) is 3. The number of benzene rings is 1. The van der Waals surface area contributed by atoms with E-state index < -0.39 is 5.97 Å². The molecule has 1 aliphatic carbocycles. The molecule has 6 heteroatoms. The largest absolute Gasteiger partial charge is 0.481 e. The first-order valence-electron chi connectivity index (χ1n) is 11.5. The Kier molecular flexibility index (Phi) is 8.10. The first-order valence-corrected chi connectivity index (χ1v) is 12.4. The van der Waals surface area contributed by atoms with Crippen molar-refractivity contribution < 1.29 is 19.1 Å². The van der Waals surface area contributed by atoms with Crippen LogP contribution in [0, 0.1) is 23.1 Å². The van der Waals surface area contributed by atoms with Gasteiger partial charge in [-0.05, 0) is 67.6 Å². The second-order valence-corrected chi connectivity index (χ2v) is 10.8. The molecule has 0 bridgehead atoms. The fraction of sp³-hybridized carbons (Fsp3) is 0.538. The SMILES string of the molecule is CC(C)(C)[C@@H]1CCCC(NC(=O)c2csc3ccc(F)cc23)[C@H]1CC=CCCCC(=O)O. The van der Waals surface area contributed by atoms with Crippen LogP contribution in [0.25, 0.3) is 10.1 Å². The molecule has 0 saturated heterocycles. The minimum atomic E-state index is -0.762. The Bertz CT molecular complexity index is 975. The average molecular weight is 460 g/mol. The van der Waals surface area contributed by atoms with E-state index >= 15 is 0 Å². The van der Waals surface area contributed by atoms with Crippen molar-refractivity contribution in [2.45, 2.75) is 71.8 Å². The van der Waals surface area contributed by atoms with Crippen LogP contribution in [0.4, 0.5) is 4.39 Å². The van der Waals surface area contributed by atoms with Crippen molar-refractivity contribution in [3.05, 3.63) is 47.1 Å². The molecule has 1 unspecified atom stereocenters. The van der Waals surface area contributed by atoms with Crippen LogP contribution in [0.2, 0.25) is 0 Å². The zero-order valence-corrected chi connectivity index (χ0v) is 20.0. The number of hydrogen-bond donors (Lipinski definition) is 2. The molecule has 2 N–H and O–H groups in total. The van der Waals surface area contributed by atoms with Gasteiger partial charge in [0.1, 0.15) is 5.82 Å². The van der Waals surface area contributed by atoms with Crippen LogP contribution in [-0.4, -0.2) is 23.0 Å². The van der Waals surface area contributed by atoms with Gasteiger partial charge < -0.3 is 10.4 Å². The lowest BCUT2D eigenvalue weighted by molar-refractivity contribution is -0.137. The summed E-state index contributed by atoms with van der Waals surface area (Å²) in [4.78, 5) is 23.9. The molecule has 1 aromatic heterocycles. The van der Waals surface area contributed by atoms with E-state index in [4.69, 9.17) is 5.11 Å². The molecule has 0 aliphatic heterocycles. The first-order chi connectivity index (χ1) is 15.2. The highest BCUT2D eigenvalue weighted by atomic mass is 32.1. The Balaban J connectivity index is 1.74. The average Bonchev–Trinajstić information content (AvgIpc) is 3.13. The maximum absolute atomic E-state index is 13.8. The van der Waals surface area contributed by atoms with Crippen molar-refractivity contribution in [3.8, 4) is 0 Å². The number of carbonyl (C=O) groups excluding carboxylic acids is 1. The van der Waals surface area contributed by atoms with Crippen LogP contribution in [0.5, 0.6) is 0 Å². The van der Waals surface area contributed by atoms with E-state index in [-0.39, 0.29) is 29.6 Å². The van der Waals surface area contributed by atoms with Gasteiger partial charge in [-0.1, -0.05) is 39.3 Å². The number of rotatable bonds is 8. The molecule has 3 atom stereocenters. The molecule has 1 saturated carbocycles. The summed E-state index contributed by atoms with van der Waals surface area (Å²) in [5.74, 6) is -0.438. The number of aliphatic carboxylic acids is 1. The number of nitrogens with one attached hydrogen (secondary N) is 1. The Labute approximate surface area is 193 Å². The summed E-state index contributed by atoms with van der Waals surface area (Å²) in [5, 5.41) is 14.6. The van der Waals surface area contributed by atoms with E-state index in [1.165, 1.54) is 23.5 Å². The molecule has 3 rings (SSSR count). The lowest BCUT2D eigenvalue weighted by Gasteiger charge is -2.45. The molecule has 1 heterocycles. The third-order valence-electron chi connectivity index (χ3n) is 6.61. The van der Waals surface area contributed by atoms with Crippen LogP contribution in [0.1, 0.15) is 76.1 Å². The zero-order chi connectivity index (χ0) is 23.3. The van der Waals surface area contributed by atoms with Crippen molar-refractivity contribution in [1.29, 1.82) is 0 Å². The molecule has 1 fully saturated rings. The Morgan fingerprint density at radius 2 is 2.03 bits per heavy atom. The number of amides is 1. The van der Waals surface area contributed by atoms with Gasteiger partial charge in [0.15, 0.2) is 0 Å². The molecule has 32 heavy (non-hydrogen) atoms. The highest BCUT2D eigenvalue weighted by Gasteiger charge is 2.39. The second-order valence-electron chi connectivity index (χ2n) is 9.93. The number of carboxylic acids is 1. The predicted octanol–water partition coefficient (Wildman–Crippen LogP) is 6.80. The van der Waals surface area contributed by atoms with Gasteiger partial charge in [0.25, 0.3) is 5.91 Å². The first kappa shape index (κ1) is 24.4. The number of carbonyl (C=O) groups is 2. The van der Waals surface area contributed by atoms with Crippen LogP contribution in [-0.2, 0) is 4.79 Å². The van der Waals surface area contributed by atoms with Gasteiger partial charge in [0, 0.05) is 27.9 Å². The lowest BCUT2D eigenvalue weighted by Crippen LogP contribution is -2.48. The summed E-state index contributed by atoms with van der Waals surface area (Å²) in [7, 11) is 0. The number of fused-ring (bicyclic) bond motifs is 1. The molecular formula is C26H34FNO3S. The van der Waals surface area contributed by atoms with Crippen molar-refractivity contribution >= 4 is 33.3 Å². The van der Waals surface area contributed by atoms with Crippen LogP contribution >= 0.6 is 11.3 Å². The minimum Gasteiger partial charge on any atom is -0.481 e. The van der Waals surface area contributed by atoms with Crippen molar-refractivity contribution in [3.63, 3.8) is 0 Å². The van der Waals surface area contributed by atoms with Gasteiger partial charge in [-0.2, -0.15) is 0 Å².